The minimum absolute atomic E-state index is 0.333. The second kappa shape index (κ2) is 6.44. The lowest BCUT2D eigenvalue weighted by atomic mass is 9.97. The monoisotopic (exact) mass is 173 g/mol. The van der Waals surface area contributed by atoms with Crippen molar-refractivity contribution in [3.63, 3.8) is 0 Å². The first-order valence-electron chi connectivity index (χ1n) is 4.88. The normalized spacial score (nSPS) is 12.0. The molecule has 0 aliphatic heterocycles. The molecule has 0 aliphatic carbocycles. The summed E-state index contributed by atoms with van der Waals surface area (Å²) in [5.41, 5.74) is 0.386. The lowest BCUT2D eigenvalue weighted by molar-refractivity contribution is 0.282. The third-order valence-electron chi connectivity index (χ3n) is 1.67. The van der Waals surface area contributed by atoms with Gasteiger partial charge in [-0.15, -0.1) is 0 Å². The number of aliphatic hydroxyl groups is 1. The molecule has 2 nitrogen and oxygen atoms in total. The van der Waals surface area contributed by atoms with Crippen LogP contribution in [-0.4, -0.2) is 24.8 Å². The van der Waals surface area contributed by atoms with Gasteiger partial charge in [-0.3, -0.25) is 0 Å². The highest BCUT2D eigenvalue weighted by molar-refractivity contribution is 4.64. The van der Waals surface area contributed by atoms with E-state index in [1.54, 1.807) is 0 Å². The number of hydrogen-bond donors (Lipinski definition) is 2. The van der Waals surface area contributed by atoms with Crippen LogP contribution >= 0.6 is 0 Å². The molecule has 74 valence electrons. The zero-order chi connectivity index (χ0) is 9.45. The van der Waals surface area contributed by atoms with Crippen LogP contribution in [0.3, 0.4) is 0 Å². The maximum atomic E-state index is 8.53. The van der Waals surface area contributed by atoms with Crippen molar-refractivity contribution in [3.05, 3.63) is 0 Å². The van der Waals surface area contributed by atoms with Crippen LogP contribution in [0.2, 0.25) is 0 Å². The van der Waals surface area contributed by atoms with Crippen LogP contribution in [-0.2, 0) is 0 Å². The number of aliphatic hydroxyl groups excluding tert-OH is 1. The molecule has 0 radical (unpaired) electrons. The molecule has 0 heterocycles. The van der Waals surface area contributed by atoms with Gasteiger partial charge < -0.3 is 10.4 Å². The van der Waals surface area contributed by atoms with Gasteiger partial charge in [0.15, 0.2) is 0 Å². The average molecular weight is 173 g/mol. The predicted octanol–water partition coefficient (Wildman–Crippen LogP) is 1.78. The van der Waals surface area contributed by atoms with E-state index in [-0.39, 0.29) is 0 Å². The standard InChI is InChI=1S/C10H23NO/c1-10(2,3)9-11-7-5-4-6-8-12/h11-12H,4-9H2,1-3H3. The number of hydrogen-bond acceptors (Lipinski definition) is 2. The zero-order valence-electron chi connectivity index (χ0n) is 8.69. The maximum Gasteiger partial charge on any atom is 0.0431 e. The Bertz CT molecular complexity index is 96.5. The van der Waals surface area contributed by atoms with E-state index in [1.807, 2.05) is 0 Å². The Hall–Kier alpha value is -0.0800. The minimum Gasteiger partial charge on any atom is -0.396 e. The van der Waals surface area contributed by atoms with Crippen LogP contribution in [0, 0.1) is 5.41 Å². The molecule has 0 aliphatic rings. The van der Waals surface area contributed by atoms with E-state index in [2.05, 4.69) is 26.1 Å². The summed E-state index contributed by atoms with van der Waals surface area (Å²) in [6, 6.07) is 0. The fourth-order valence-corrected chi connectivity index (χ4v) is 1.00. The molecule has 0 saturated heterocycles. The third-order valence-corrected chi connectivity index (χ3v) is 1.67. The van der Waals surface area contributed by atoms with Gasteiger partial charge in [-0.25, -0.2) is 0 Å². The summed E-state index contributed by atoms with van der Waals surface area (Å²) in [6.07, 6.45) is 3.25. The molecule has 0 bridgehead atoms. The Balaban J connectivity index is 3.01. The van der Waals surface area contributed by atoms with Crippen molar-refractivity contribution in [2.75, 3.05) is 19.7 Å². The Labute approximate surface area is 76.4 Å². The second-order valence-corrected chi connectivity index (χ2v) is 4.52. The summed E-state index contributed by atoms with van der Waals surface area (Å²) >= 11 is 0. The summed E-state index contributed by atoms with van der Waals surface area (Å²) in [5, 5.41) is 11.9. The lowest BCUT2D eigenvalue weighted by Crippen LogP contribution is -2.27. The summed E-state index contributed by atoms with van der Waals surface area (Å²) in [7, 11) is 0. The Morgan fingerprint density at radius 3 is 2.25 bits per heavy atom. The zero-order valence-corrected chi connectivity index (χ0v) is 8.69. The fourth-order valence-electron chi connectivity index (χ4n) is 1.00. The van der Waals surface area contributed by atoms with E-state index in [4.69, 9.17) is 5.11 Å². The van der Waals surface area contributed by atoms with Crippen molar-refractivity contribution in [1.82, 2.24) is 5.32 Å². The minimum atomic E-state index is 0.333. The summed E-state index contributed by atoms with van der Waals surface area (Å²) in [5.74, 6) is 0. The Kier molecular flexibility index (Phi) is 6.39. The van der Waals surface area contributed by atoms with Crippen molar-refractivity contribution in [2.24, 2.45) is 5.41 Å². The molecular weight excluding hydrogens is 150 g/mol. The van der Waals surface area contributed by atoms with Gasteiger partial charge >= 0.3 is 0 Å². The first-order valence-corrected chi connectivity index (χ1v) is 4.88. The molecule has 0 spiro atoms. The van der Waals surface area contributed by atoms with Gasteiger partial charge in [0.05, 0.1) is 0 Å². The summed E-state index contributed by atoms with van der Waals surface area (Å²) in [6.45, 7) is 9.18. The molecule has 12 heavy (non-hydrogen) atoms. The molecule has 0 unspecified atom stereocenters. The molecule has 0 amide bonds. The molecule has 2 heteroatoms. The van der Waals surface area contributed by atoms with Crippen LogP contribution in [0.15, 0.2) is 0 Å². The molecule has 0 aromatic rings. The summed E-state index contributed by atoms with van der Waals surface area (Å²) < 4.78 is 0. The summed E-state index contributed by atoms with van der Waals surface area (Å²) in [4.78, 5) is 0. The van der Waals surface area contributed by atoms with Crippen LogP contribution in [0.4, 0.5) is 0 Å². The van der Waals surface area contributed by atoms with Gasteiger partial charge in [-0.2, -0.15) is 0 Å². The van der Waals surface area contributed by atoms with Gasteiger partial charge in [-0.1, -0.05) is 20.8 Å². The van der Waals surface area contributed by atoms with E-state index in [0.29, 0.717) is 12.0 Å². The largest absolute Gasteiger partial charge is 0.396 e. The van der Waals surface area contributed by atoms with Gasteiger partial charge in [0.1, 0.15) is 0 Å². The topological polar surface area (TPSA) is 32.3 Å². The Morgan fingerprint density at radius 1 is 1.08 bits per heavy atom. The van der Waals surface area contributed by atoms with Crippen LogP contribution in [0.1, 0.15) is 40.0 Å². The number of nitrogens with one attached hydrogen (secondary N) is 1. The smallest absolute Gasteiger partial charge is 0.0431 e. The van der Waals surface area contributed by atoms with Crippen molar-refractivity contribution < 1.29 is 5.11 Å². The highest BCUT2D eigenvalue weighted by Crippen LogP contribution is 2.10. The van der Waals surface area contributed by atoms with Crippen LogP contribution in [0.5, 0.6) is 0 Å². The quantitative estimate of drug-likeness (QED) is 0.600. The highest BCUT2D eigenvalue weighted by atomic mass is 16.2. The SMILES string of the molecule is CC(C)(C)CNCCCCCO. The van der Waals surface area contributed by atoms with Crippen molar-refractivity contribution >= 4 is 0 Å². The van der Waals surface area contributed by atoms with Crippen LogP contribution in [0.25, 0.3) is 0 Å². The number of rotatable bonds is 6. The van der Waals surface area contributed by atoms with E-state index in [0.717, 1.165) is 25.9 Å². The van der Waals surface area contributed by atoms with E-state index in [9.17, 15) is 0 Å². The molecule has 0 saturated carbocycles. The number of unbranched alkanes of at least 4 members (excludes halogenated alkanes) is 2. The van der Waals surface area contributed by atoms with E-state index >= 15 is 0 Å². The molecule has 0 fully saturated rings. The molecular formula is C10H23NO. The van der Waals surface area contributed by atoms with Gasteiger partial charge in [0.25, 0.3) is 0 Å². The van der Waals surface area contributed by atoms with Crippen molar-refractivity contribution in [3.8, 4) is 0 Å². The highest BCUT2D eigenvalue weighted by Gasteiger charge is 2.07. The Morgan fingerprint density at radius 2 is 1.75 bits per heavy atom. The van der Waals surface area contributed by atoms with Gasteiger partial charge in [-0.05, 0) is 37.8 Å². The van der Waals surface area contributed by atoms with E-state index < -0.39 is 0 Å². The molecule has 0 aromatic carbocycles. The fraction of sp³-hybridized carbons (Fsp3) is 1.00. The van der Waals surface area contributed by atoms with E-state index in [1.165, 1.54) is 6.42 Å². The average Bonchev–Trinajstić information content (AvgIpc) is 1.94. The maximum absolute atomic E-state index is 8.53. The van der Waals surface area contributed by atoms with Crippen LogP contribution < -0.4 is 5.32 Å². The molecule has 0 atom stereocenters. The van der Waals surface area contributed by atoms with Gasteiger partial charge in [0, 0.05) is 6.61 Å². The van der Waals surface area contributed by atoms with Gasteiger partial charge in [0.2, 0.25) is 0 Å². The first kappa shape index (κ1) is 11.9. The molecule has 0 rings (SSSR count). The third kappa shape index (κ3) is 9.92. The van der Waals surface area contributed by atoms with Crippen molar-refractivity contribution in [1.29, 1.82) is 0 Å². The molecule has 2 N–H and O–H groups in total. The first-order chi connectivity index (χ1) is 5.56. The predicted molar refractivity (Wildman–Crippen MR) is 53.3 cm³/mol. The lowest BCUT2D eigenvalue weighted by Gasteiger charge is -2.18. The second-order valence-electron chi connectivity index (χ2n) is 4.52. The molecule has 0 aromatic heterocycles. The van der Waals surface area contributed by atoms with Crippen molar-refractivity contribution in [2.45, 2.75) is 40.0 Å².